The van der Waals surface area contributed by atoms with Crippen LogP contribution >= 0.6 is 15.9 Å². The summed E-state index contributed by atoms with van der Waals surface area (Å²) in [7, 11) is -4.62. The summed E-state index contributed by atoms with van der Waals surface area (Å²) in [4.78, 5) is 28.2. The van der Waals surface area contributed by atoms with Gasteiger partial charge in [0.05, 0.1) is 6.61 Å². The fourth-order valence-corrected chi connectivity index (χ4v) is 6.70. The molecule has 1 aliphatic rings. The molecule has 0 spiro atoms. The number of benzene rings is 1. The lowest BCUT2D eigenvalue weighted by Gasteiger charge is -2.43. The molecule has 1 saturated heterocycles. The lowest BCUT2D eigenvalue weighted by atomic mass is 10.2. The number of hydrogen-bond acceptors (Lipinski definition) is 6. The van der Waals surface area contributed by atoms with Gasteiger partial charge in [0.2, 0.25) is 6.23 Å². The second-order valence-corrected chi connectivity index (χ2v) is 23.4. The molecule has 0 amide bonds. The molecule has 1 aromatic heterocycles. The fraction of sp³-hybridized carbons (Fsp3) is 0.586. The van der Waals surface area contributed by atoms with Crippen molar-refractivity contribution >= 4 is 32.6 Å². The quantitative estimate of drug-likeness (QED) is 0.279. The predicted octanol–water partition coefficient (Wildman–Crippen LogP) is 6.73. The monoisotopic (exact) mass is 652 g/mol. The van der Waals surface area contributed by atoms with Gasteiger partial charge in [0.1, 0.15) is 24.7 Å². The molecular formula is C29H45BrN2O6Si2. The van der Waals surface area contributed by atoms with Gasteiger partial charge in [-0.3, -0.25) is 9.36 Å². The maximum absolute atomic E-state index is 13.7. The van der Waals surface area contributed by atoms with Crippen LogP contribution in [0.2, 0.25) is 36.3 Å². The Morgan fingerprint density at radius 2 is 1.50 bits per heavy atom. The van der Waals surface area contributed by atoms with E-state index in [1.807, 2.05) is 30.3 Å². The molecule has 40 heavy (non-hydrogen) atoms. The van der Waals surface area contributed by atoms with E-state index in [-0.39, 0.29) is 23.4 Å². The topological polar surface area (TPSA) is 80.9 Å². The summed E-state index contributed by atoms with van der Waals surface area (Å²) < 4.78 is 28.5. The van der Waals surface area contributed by atoms with E-state index in [2.05, 4.69) is 83.7 Å². The Labute approximate surface area is 248 Å². The molecule has 0 bridgehead atoms. The van der Waals surface area contributed by atoms with Crippen LogP contribution in [-0.2, 0) is 31.7 Å². The van der Waals surface area contributed by atoms with Crippen molar-refractivity contribution < 1.29 is 18.3 Å². The van der Waals surface area contributed by atoms with Crippen molar-refractivity contribution in [2.75, 3.05) is 0 Å². The first-order valence-corrected chi connectivity index (χ1v) is 20.4. The van der Waals surface area contributed by atoms with Crippen molar-refractivity contribution in [2.24, 2.45) is 0 Å². The Balaban J connectivity index is 2.03. The molecule has 0 aliphatic carbocycles. The third kappa shape index (κ3) is 7.16. The van der Waals surface area contributed by atoms with Gasteiger partial charge in [-0.2, -0.15) is 0 Å². The smallest absolute Gasteiger partial charge is 0.335 e. The van der Waals surface area contributed by atoms with Crippen molar-refractivity contribution in [2.45, 2.75) is 110 Å². The van der Waals surface area contributed by atoms with Crippen LogP contribution in [0.3, 0.4) is 0 Å². The van der Waals surface area contributed by atoms with Crippen molar-refractivity contribution in [3.05, 3.63) is 79.7 Å². The number of nitrogens with zero attached hydrogens (tertiary/aromatic N) is 2. The van der Waals surface area contributed by atoms with Crippen LogP contribution in [0.4, 0.5) is 0 Å². The minimum Gasteiger partial charge on any atom is -0.468 e. The van der Waals surface area contributed by atoms with Crippen molar-refractivity contribution in [3.8, 4) is 0 Å². The van der Waals surface area contributed by atoms with E-state index >= 15 is 0 Å². The molecule has 2 heterocycles. The summed E-state index contributed by atoms with van der Waals surface area (Å²) in [5, 5.41) is -0.140. The Bertz CT molecular complexity index is 1310. The molecule has 8 nitrogen and oxygen atoms in total. The molecule has 0 N–H and O–H groups in total. The standard InChI is InChI=1S/C29H45BrN2O6Si2/c1-28(2,3)39(7,8)37-24-22(18-30)36-26(25(24)38-40(9,10)29(4,5)6)31-17-16-23(33)32(27(31)34)20-35-19-21-14-12-11-13-15-21/h11-18,24-26H,19-20H2,1-10H3/b22-18-/t24-,25-,26-/m1/s1. The summed E-state index contributed by atoms with van der Waals surface area (Å²) in [6.45, 7) is 21.9. The lowest BCUT2D eigenvalue weighted by Crippen LogP contribution is -2.53. The zero-order valence-electron chi connectivity index (χ0n) is 25.5. The normalized spacial score (nSPS) is 21.6. The first-order valence-electron chi connectivity index (χ1n) is 13.7. The summed E-state index contributed by atoms with van der Waals surface area (Å²) >= 11 is 3.46. The number of rotatable bonds is 9. The maximum Gasteiger partial charge on any atom is 0.335 e. The van der Waals surface area contributed by atoms with E-state index in [1.165, 1.54) is 16.8 Å². The molecule has 2 aromatic rings. The molecule has 11 heteroatoms. The van der Waals surface area contributed by atoms with Crippen molar-refractivity contribution in [3.63, 3.8) is 0 Å². The van der Waals surface area contributed by atoms with Gasteiger partial charge in [-0.15, -0.1) is 0 Å². The second kappa shape index (κ2) is 12.2. The van der Waals surface area contributed by atoms with E-state index < -0.39 is 46.3 Å². The van der Waals surface area contributed by atoms with Crippen LogP contribution in [-0.4, -0.2) is 38.0 Å². The Morgan fingerprint density at radius 3 is 2.05 bits per heavy atom. The van der Waals surface area contributed by atoms with Gasteiger partial charge in [0, 0.05) is 17.2 Å². The first kappa shape index (κ1) is 32.7. The lowest BCUT2D eigenvalue weighted by molar-refractivity contribution is -0.00983. The average molecular weight is 654 g/mol. The highest BCUT2D eigenvalue weighted by Gasteiger charge is 2.53. The molecule has 222 valence electrons. The zero-order chi connectivity index (χ0) is 30.1. The summed E-state index contributed by atoms with van der Waals surface area (Å²) in [5.74, 6) is 0.559. The molecule has 1 aliphatic heterocycles. The van der Waals surface area contributed by atoms with Gasteiger partial charge in [-0.25, -0.2) is 9.36 Å². The summed E-state index contributed by atoms with van der Waals surface area (Å²) in [6.07, 6.45) is -0.485. The number of ether oxygens (including phenoxy) is 2. The third-order valence-corrected chi connectivity index (χ3v) is 17.8. The minimum absolute atomic E-state index is 0.0514. The highest BCUT2D eigenvalue weighted by atomic mass is 79.9. The number of hydrogen-bond donors (Lipinski definition) is 0. The Kier molecular flexibility index (Phi) is 10.0. The van der Waals surface area contributed by atoms with E-state index in [9.17, 15) is 9.59 Å². The molecule has 3 atom stereocenters. The molecule has 1 aromatic carbocycles. The van der Waals surface area contributed by atoms with Crippen LogP contribution in [0.25, 0.3) is 0 Å². The van der Waals surface area contributed by atoms with Crippen LogP contribution in [0, 0.1) is 0 Å². The van der Waals surface area contributed by atoms with E-state index in [4.69, 9.17) is 18.3 Å². The second-order valence-electron chi connectivity index (χ2n) is 13.4. The third-order valence-electron chi connectivity index (χ3n) is 8.39. The number of aromatic nitrogens is 2. The summed E-state index contributed by atoms with van der Waals surface area (Å²) in [6, 6.07) is 11.0. The van der Waals surface area contributed by atoms with Gasteiger partial charge in [-0.05, 0) is 41.8 Å². The maximum atomic E-state index is 13.7. The molecule has 0 radical (unpaired) electrons. The molecule has 0 unspecified atom stereocenters. The SMILES string of the molecule is CC(C)(C)[Si](C)(C)O[C@@H]1[C@H](O[Si](C)(C)C(C)(C)C)/C(=C/Br)O[C@H]1n1ccc(=O)n(COCc2ccccc2)c1=O. The van der Waals surface area contributed by atoms with Gasteiger partial charge in [-0.1, -0.05) is 87.8 Å². The van der Waals surface area contributed by atoms with Crippen LogP contribution in [0.5, 0.6) is 0 Å². The van der Waals surface area contributed by atoms with E-state index in [0.717, 1.165) is 10.1 Å². The largest absolute Gasteiger partial charge is 0.468 e. The highest BCUT2D eigenvalue weighted by Crippen LogP contribution is 2.46. The molecule has 0 saturated carbocycles. The van der Waals surface area contributed by atoms with Crippen molar-refractivity contribution in [1.29, 1.82) is 0 Å². The van der Waals surface area contributed by atoms with E-state index in [1.54, 1.807) is 4.99 Å². The minimum atomic E-state index is -2.35. The van der Waals surface area contributed by atoms with Crippen LogP contribution in [0.15, 0.2) is 62.9 Å². The van der Waals surface area contributed by atoms with Gasteiger partial charge >= 0.3 is 5.69 Å². The molecular weight excluding hydrogens is 608 g/mol. The predicted molar refractivity (Wildman–Crippen MR) is 167 cm³/mol. The first-order chi connectivity index (χ1) is 18.4. The van der Waals surface area contributed by atoms with Gasteiger partial charge in [0.15, 0.2) is 16.6 Å². The zero-order valence-corrected chi connectivity index (χ0v) is 29.1. The molecule has 1 fully saturated rings. The fourth-order valence-electron chi connectivity index (χ4n) is 3.82. The van der Waals surface area contributed by atoms with E-state index in [0.29, 0.717) is 5.76 Å². The van der Waals surface area contributed by atoms with Crippen LogP contribution < -0.4 is 11.2 Å². The summed E-state index contributed by atoms with van der Waals surface area (Å²) in [5.41, 5.74) is -0.0257. The van der Waals surface area contributed by atoms with Gasteiger partial charge in [0.25, 0.3) is 5.56 Å². The Hall–Kier alpha value is -1.77. The Morgan fingerprint density at radius 1 is 0.925 bits per heavy atom. The highest BCUT2D eigenvalue weighted by molar-refractivity contribution is 9.11. The van der Waals surface area contributed by atoms with Gasteiger partial charge < -0.3 is 18.3 Å². The average Bonchev–Trinajstić information content (AvgIpc) is 3.16. The van der Waals surface area contributed by atoms with Crippen molar-refractivity contribution in [1.82, 2.24) is 9.13 Å². The number of halogens is 1. The molecule has 3 rings (SSSR count). The van der Waals surface area contributed by atoms with Crippen LogP contribution in [0.1, 0.15) is 53.3 Å².